The van der Waals surface area contributed by atoms with Crippen molar-refractivity contribution < 1.29 is 13.3 Å². The summed E-state index contributed by atoms with van der Waals surface area (Å²) >= 11 is 3.64. The molecule has 0 saturated carbocycles. The van der Waals surface area contributed by atoms with E-state index in [1.807, 2.05) is 34.8 Å². The Labute approximate surface area is 540 Å². The Morgan fingerprint density at radius 3 is 1.37 bits per heavy atom. The molecular weight excluding hydrogens is 1170 g/mol. The fraction of sp³-hybridized carbons (Fsp3) is 0. The van der Waals surface area contributed by atoms with E-state index >= 15 is 0 Å². The molecule has 0 aliphatic carbocycles. The van der Waals surface area contributed by atoms with Gasteiger partial charge in [0.15, 0.2) is 0 Å². The molecule has 0 aliphatic rings. The fourth-order valence-electron chi connectivity index (χ4n) is 14.8. The molecule has 0 spiro atoms. The maximum atomic E-state index is 7.32. The molecule has 0 aliphatic heterocycles. The number of hydrogen-bond donors (Lipinski definition) is 0. The van der Waals surface area contributed by atoms with Gasteiger partial charge >= 0.3 is 0 Å². The molecule has 0 atom stereocenters. The number of nitrogens with zero attached hydrogens (tertiary/aromatic N) is 2. The number of anilines is 6. The van der Waals surface area contributed by atoms with Crippen molar-refractivity contribution in [3.8, 4) is 33.4 Å². The largest absolute Gasteiger partial charge is 0.455 e. The third-order valence-corrected chi connectivity index (χ3v) is 21.4. The lowest BCUT2D eigenvalue weighted by Gasteiger charge is -2.27. The van der Waals surface area contributed by atoms with Crippen molar-refractivity contribution >= 4 is 185 Å². The Bertz CT molecular complexity index is 6430. The lowest BCUT2D eigenvalue weighted by molar-refractivity contribution is 0.670. The molecule has 434 valence electrons. The van der Waals surface area contributed by atoms with Gasteiger partial charge in [-0.3, -0.25) is 0 Å². The summed E-state index contributed by atoms with van der Waals surface area (Å²) in [6.45, 7) is 0. The molecule has 5 nitrogen and oxygen atoms in total. The molecule has 0 radical (unpaired) electrons. The fourth-order valence-corrected chi connectivity index (χ4v) is 17.2. The Kier molecular flexibility index (Phi) is 11.4. The van der Waals surface area contributed by atoms with E-state index in [2.05, 4.69) is 301 Å². The Hall–Kier alpha value is -11.7. The summed E-state index contributed by atoms with van der Waals surface area (Å²) in [5.74, 6) is 0. The van der Waals surface area contributed by atoms with Crippen LogP contribution in [0.4, 0.5) is 34.1 Å². The molecule has 0 saturated heterocycles. The number of para-hydroxylation sites is 3. The first kappa shape index (κ1) is 52.1. The van der Waals surface area contributed by atoms with Gasteiger partial charge < -0.3 is 23.1 Å². The highest BCUT2D eigenvalue weighted by atomic mass is 32.1. The molecule has 0 fully saturated rings. The van der Waals surface area contributed by atoms with Crippen molar-refractivity contribution in [2.75, 3.05) is 9.80 Å². The monoisotopic (exact) mass is 1220 g/mol. The summed E-state index contributed by atoms with van der Waals surface area (Å²) in [6, 6.07) is 110. The highest BCUT2D eigenvalue weighted by molar-refractivity contribution is 7.27. The third kappa shape index (κ3) is 7.98. The minimum atomic E-state index is 0.885. The molecule has 5 heterocycles. The summed E-state index contributed by atoms with van der Waals surface area (Å²) in [5, 5.41) is 15.8. The second kappa shape index (κ2) is 20.4. The van der Waals surface area contributed by atoms with Crippen LogP contribution in [-0.2, 0) is 0 Å². The van der Waals surface area contributed by atoms with Crippen LogP contribution in [0, 0.1) is 0 Å². The molecule has 20 rings (SSSR count). The predicted octanol–water partition coefficient (Wildman–Crippen LogP) is 26.4. The Morgan fingerprint density at radius 2 is 0.677 bits per heavy atom. The highest BCUT2D eigenvalue weighted by Gasteiger charge is 2.26. The standard InChI is InChI=1S/C86H50N2O3S2/c1-3-16-51(17-4-1)52-34-39-57(40-35-52)87(56-20-5-2-6-21-56)73-31-14-29-71-79-77(92-85(71)73)49-47-70-68-45-44-63-60(25-12-27-65(63)82(68)91-84(70)79)55-19-11-22-59(50-55)88(58-41-36-54(37-42-58)62-26-13-28-66-64-24-9-10-33-75(64)89-80(62)66)74-32-15-30-72-78-76(93-86(72)74)48-46-69-67-43-38-53-18-7-8-23-61(53)81(67)90-83(69)78/h1-50H. The van der Waals surface area contributed by atoms with Crippen molar-refractivity contribution in [3.05, 3.63) is 303 Å². The SMILES string of the molecule is c1ccc(-c2ccc(N(c3ccccc3)c3cccc4c3sc3ccc5c6ccc7c(-c8cccc(N(c9ccc(-c%10cccc%11c%10oc%10ccccc%10%11)cc9)c9cccc%10c9sc9ccc%11c%12ccc%13ccccc%13c%12oc%11c9%10)c8)cccc7c6oc5c34)cc2)cc1. The van der Waals surface area contributed by atoms with Gasteiger partial charge in [-0.05, 0) is 142 Å². The van der Waals surface area contributed by atoms with Gasteiger partial charge in [0.2, 0.25) is 0 Å². The topological polar surface area (TPSA) is 45.9 Å². The molecule has 93 heavy (non-hydrogen) atoms. The van der Waals surface area contributed by atoms with Gasteiger partial charge in [-0.2, -0.15) is 0 Å². The zero-order valence-corrected chi connectivity index (χ0v) is 51.4. The molecule has 15 aromatic carbocycles. The van der Waals surface area contributed by atoms with E-state index in [0.29, 0.717) is 0 Å². The van der Waals surface area contributed by atoms with E-state index in [1.54, 1.807) is 0 Å². The average Bonchev–Trinajstić information content (AvgIpc) is 1.59. The van der Waals surface area contributed by atoms with Gasteiger partial charge in [-0.15, -0.1) is 22.7 Å². The van der Waals surface area contributed by atoms with E-state index in [9.17, 15) is 0 Å². The number of fused-ring (bicyclic) bond motifs is 21. The highest BCUT2D eigenvalue weighted by Crippen LogP contribution is 2.52. The van der Waals surface area contributed by atoms with E-state index in [1.165, 1.54) is 40.7 Å². The van der Waals surface area contributed by atoms with Gasteiger partial charge in [-0.25, -0.2) is 0 Å². The third-order valence-electron chi connectivity index (χ3n) is 19.1. The van der Waals surface area contributed by atoms with Crippen LogP contribution in [0.3, 0.4) is 0 Å². The maximum Gasteiger partial charge on any atom is 0.144 e. The lowest BCUT2D eigenvalue weighted by Crippen LogP contribution is -2.10. The number of hydrogen-bond acceptors (Lipinski definition) is 7. The predicted molar refractivity (Wildman–Crippen MR) is 395 cm³/mol. The smallest absolute Gasteiger partial charge is 0.144 e. The van der Waals surface area contributed by atoms with Crippen molar-refractivity contribution in [1.82, 2.24) is 0 Å². The van der Waals surface area contributed by atoms with Gasteiger partial charge in [0.05, 0.1) is 20.8 Å². The molecule has 0 bridgehead atoms. The van der Waals surface area contributed by atoms with Crippen LogP contribution in [0.25, 0.3) is 161 Å². The first-order chi connectivity index (χ1) is 46.1. The average molecular weight is 1220 g/mol. The van der Waals surface area contributed by atoms with Crippen LogP contribution in [0.5, 0.6) is 0 Å². The number of furan rings is 3. The first-order valence-corrected chi connectivity index (χ1v) is 33.1. The Morgan fingerprint density at radius 1 is 0.237 bits per heavy atom. The minimum Gasteiger partial charge on any atom is -0.455 e. The molecule has 7 heteroatoms. The van der Waals surface area contributed by atoms with Gasteiger partial charge in [-0.1, -0.05) is 200 Å². The molecule has 0 unspecified atom stereocenters. The van der Waals surface area contributed by atoms with Crippen molar-refractivity contribution in [3.63, 3.8) is 0 Å². The molecule has 20 aromatic rings. The molecule has 0 N–H and O–H groups in total. The lowest BCUT2D eigenvalue weighted by atomic mass is 9.96. The molecular formula is C86H50N2O3S2. The summed E-state index contributed by atoms with van der Waals surface area (Å²) in [7, 11) is 0. The summed E-state index contributed by atoms with van der Waals surface area (Å²) in [4.78, 5) is 4.82. The number of thiophene rings is 2. The second-order valence-electron chi connectivity index (χ2n) is 24.1. The van der Waals surface area contributed by atoms with Crippen LogP contribution >= 0.6 is 22.7 Å². The Balaban J connectivity index is 0.729. The second-order valence-corrected chi connectivity index (χ2v) is 26.3. The van der Waals surface area contributed by atoms with E-state index in [-0.39, 0.29) is 0 Å². The van der Waals surface area contributed by atoms with Crippen molar-refractivity contribution in [2.45, 2.75) is 0 Å². The van der Waals surface area contributed by atoms with Gasteiger partial charge in [0.25, 0.3) is 0 Å². The minimum absolute atomic E-state index is 0.885. The van der Waals surface area contributed by atoms with Crippen LogP contribution in [0.1, 0.15) is 0 Å². The van der Waals surface area contributed by atoms with Crippen molar-refractivity contribution in [2.24, 2.45) is 0 Å². The van der Waals surface area contributed by atoms with Gasteiger partial charge in [0.1, 0.15) is 33.5 Å². The quantitative estimate of drug-likeness (QED) is 0.144. The van der Waals surface area contributed by atoms with Crippen LogP contribution in [0.15, 0.2) is 317 Å². The summed E-state index contributed by atoms with van der Waals surface area (Å²) in [6.07, 6.45) is 0. The van der Waals surface area contributed by atoms with Crippen LogP contribution in [-0.4, -0.2) is 0 Å². The van der Waals surface area contributed by atoms with Crippen LogP contribution < -0.4 is 9.80 Å². The number of benzene rings is 15. The molecule has 0 amide bonds. The summed E-state index contributed by atoms with van der Waals surface area (Å²) in [5.41, 5.74) is 18.6. The van der Waals surface area contributed by atoms with Crippen LogP contribution in [0.2, 0.25) is 0 Å². The first-order valence-electron chi connectivity index (χ1n) is 31.4. The normalized spacial score (nSPS) is 12.1. The zero-order valence-electron chi connectivity index (χ0n) is 49.8. The molecule has 5 aromatic heterocycles. The van der Waals surface area contributed by atoms with E-state index < -0.39 is 0 Å². The van der Waals surface area contributed by atoms with E-state index in [0.717, 1.165) is 155 Å². The van der Waals surface area contributed by atoms with E-state index in [4.69, 9.17) is 13.3 Å². The van der Waals surface area contributed by atoms with Crippen molar-refractivity contribution in [1.29, 1.82) is 0 Å². The zero-order chi connectivity index (χ0) is 60.8. The number of rotatable bonds is 9. The maximum absolute atomic E-state index is 7.32. The van der Waals surface area contributed by atoms with Gasteiger partial charge in [0, 0.05) is 102 Å². The summed E-state index contributed by atoms with van der Waals surface area (Å²) < 4.78 is 25.7.